The van der Waals surface area contributed by atoms with Gasteiger partial charge >= 0.3 is 0 Å². The number of carbonyl (C=O) groups is 1. The third kappa shape index (κ3) is 4.32. The standard InChI is InChI=1S/C23H24FN3O2S/c1-14(2)30-23(28)17-6-9-19-20(12-17)26-22(27-10-11-29-13-15(27)3)21(25-19)16-4-7-18(24)8-5-16/h4-9,12,14-15H,10-11,13H2,1-3H3/t15-/m0/s1. The van der Waals surface area contributed by atoms with Crippen LogP contribution < -0.4 is 4.90 Å². The molecule has 1 fully saturated rings. The molecule has 3 aromatic rings. The van der Waals surface area contributed by atoms with Crippen LogP contribution in [-0.4, -0.2) is 46.1 Å². The second-order valence-corrected chi connectivity index (χ2v) is 9.23. The molecule has 156 valence electrons. The van der Waals surface area contributed by atoms with Crippen LogP contribution in [0.15, 0.2) is 42.5 Å². The third-order valence-corrected chi connectivity index (χ3v) is 5.90. The lowest BCUT2D eigenvalue weighted by atomic mass is 10.1. The highest BCUT2D eigenvalue weighted by Gasteiger charge is 2.25. The van der Waals surface area contributed by atoms with Crippen molar-refractivity contribution in [1.82, 2.24) is 9.97 Å². The summed E-state index contributed by atoms with van der Waals surface area (Å²) in [6.45, 7) is 7.98. The number of halogens is 1. The van der Waals surface area contributed by atoms with Crippen molar-refractivity contribution in [3.05, 3.63) is 53.8 Å². The molecule has 7 heteroatoms. The average Bonchev–Trinajstić information content (AvgIpc) is 2.73. The van der Waals surface area contributed by atoms with Crippen molar-refractivity contribution in [1.29, 1.82) is 0 Å². The maximum absolute atomic E-state index is 13.5. The fraction of sp³-hybridized carbons (Fsp3) is 0.348. The van der Waals surface area contributed by atoms with E-state index < -0.39 is 0 Å². The molecule has 0 saturated carbocycles. The smallest absolute Gasteiger partial charge is 0.219 e. The van der Waals surface area contributed by atoms with E-state index in [0.717, 1.165) is 11.4 Å². The van der Waals surface area contributed by atoms with Crippen LogP contribution in [0.25, 0.3) is 22.3 Å². The molecule has 1 aliphatic rings. The van der Waals surface area contributed by atoms with Gasteiger partial charge in [-0.3, -0.25) is 4.79 Å². The molecule has 0 unspecified atom stereocenters. The van der Waals surface area contributed by atoms with E-state index in [0.29, 0.717) is 42.0 Å². The van der Waals surface area contributed by atoms with Crippen molar-refractivity contribution in [2.24, 2.45) is 0 Å². The minimum atomic E-state index is -0.292. The summed E-state index contributed by atoms with van der Waals surface area (Å²) < 4.78 is 19.1. The largest absolute Gasteiger partial charge is 0.377 e. The van der Waals surface area contributed by atoms with E-state index in [1.54, 1.807) is 18.2 Å². The Morgan fingerprint density at radius 3 is 2.63 bits per heavy atom. The Labute approximate surface area is 179 Å². The number of hydrogen-bond donors (Lipinski definition) is 0. The van der Waals surface area contributed by atoms with Gasteiger partial charge in [-0.05, 0) is 49.4 Å². The first-order chi connectivity index (χ1) is 14.4. The van der Waals surface area contributed by atoms with Crippen LogP contribution in [0.4, 0.5) is 10.2 Å². The van der Waals surface area contributed by atoms with Gasteiger partial charge in [-0.25, -0.2) is 14.4 Å². The molecule has 2 heterocycles. The Morgan fingerprint density at radius 2 is 1.93 bits per heavy atom. The monoisotopic (exact) mass is 425 g/mol. The lowest BCUT2D eigenvalue weighted by Gasteiger charge is -2.35. The van der Waals surface area contributed by atoms with Crippen molar-refractivity contribution < 1.29 is 13.9 Å². The number of benzene rings is 2. The fourth-order valence-corrected chi connectivity index (χ4v) is 4.19. The summed E-state index contributed by atoms with van der Waals surface area (Å²) >= 11 is 1.30. The SMILES string of the molecule is CC(C)SC(=O)c1ccc2nc(-c3ccc(F)cc3)c(N3CCOC[C@@H]3C)nc2c1. The van der Waals surface area contributed by atoms with Gasteiger partial charge in [0.15, 0.2) is 5.82 Å². The Morgan fingerprint density at radius 1 is 1.17 bits per heavy atom. The molecule has 1 saturated heterocycles. The molecule has 0 radical (unpaired) electrons. The molecule has 1 aliphatic heterocycles. The van der Waals surface area contributed by atoms with Crippen molar-refractivity contribution >= 4 is 33.7 Å². The zero-order chi connectivity index (χ0) is 21.3. The van der Waals surface area contributed by atoms with E-state index in [1.165, 1.54) is 23.9 Å². The van der Waals surface area contributed by atoms with Gasteiger partial charge in [0, 0.05) is 22.9 Å². The summed E-state index contributed by atoms with van der Waals surface area (Å²) in [5.41, 5.74) is 3.49. The minimum absolute atomic E-state index is 0.0256. The zero-order valence-corrected chi connectivity index (χ0v) is 18.1. The first-order valence-corrected chi connectivity index (χ1v) is 10.9. The van der Waals surface area contributed by atoms with Crippen LogP contribution in [0.3, 0.4) is 0 Å². The Hall–Kier alpha value is -2.51. The van der Waals surface area contributed by atoms with Crippen molar-refractivity contribution in [3.8, 4) is 11.3 Å². The lowest BCUT2D eigenvalue weighted by Crippen LogP contribution is -2.44. The van der Waals surface area contributed by atoms with Crippen LogP contribution in [-0.2, 0) is 4.74 Å². The quantitative estimate of drug-likeness (QED) is 0.590. The number of anilines is 1. The molecular formula is C23H24FN3O2S. The molecule has 4 rings (SSSR count). The molecule has 5 nitrogen and oxygen atoms in total. The molecule has 1 atom stereocenters. The van der Waals surface area contributed by atoms with Gasteiger partial charge in [0.25, 0.3) is 0 Å². The van der Waals surface area contributed by atoms with E-state index >= 15 is 0 Å². The van der Waals surface area contributed by atoms with Gasteiger partial charge in [0.2, 0.25) is 5.12 Å². The highest BCUT2D eigenvalue weighted by atomic mass is 32.2. The Kier molecular flexibility index (Phi) is 6.01. The van der Waals surface area contributed by atoms with Gasteiger partial charge in [-0.15, -0.1) is 0 Å². The molecule has 0 spiro atoms. The maximum Gasteiger partial charge on any atom is 0.219 e. The second-order valence-electron chi connectivity index (χ2n) is 7.68. The summed E-state index contributed by atoms with van der Waals surface area (Å²) in [6.07, 6.45) is 0. The van der Waals surface area contributed by atoms with Gasteiger partial charge in [-0.1, -0.05) is 25.6 Å². The number of ether oxygens (including phenoxy) is 1. The first kappa shape index (κ1) is 20.8. The van der Waals surface area contributed by atoms with E-state index in [2.05, 4.69) is 11.8 Å². The number of carbonyl (C=O) groups excluding carboxylic acids is 1. The highest BCUT2D eigenvalue weighted by molar-refractivity contribution is 8.14. The molecule has 0 aliphatic carbocycles. The average molecular weight is 426 g/mol. The normalized spacial score (nSPS) is 17.0. The highest BCUT2D eigenvalue weighted by Crippen LogP contribution is 2.32. The van der Waals surface area contributed by atoms with E-state index in [9.17, 15) is 9.18 Å². The molecule has 0 N–H and O–H groups in total. The number of thioether (sulfide) groups is 1. The minimum Gasteiger partial charge on any atom is -0.377 e. The summed E-state index contributed by atoms with van der Waals surface area (Å²) in [4.78, 5) is 24.5. The van der Waals surface area contributed by atoms with Gasteiger partial charge in [-0.2, -0.15) is 0 Å². The predicted molar refractivity (Wildman–Crippen MR) is 120 cm³/mol. The predicted octanol–water partition coefficient (Wildman–Crippen LogP) is 4.94. The van der Waals surface area contributed by atoms with Crippen LogP contribution in [0, 0.1) is 5.82 Å². The second kappa shape index (κ2) is 8.70. The zero-order valence-electron chi connectivity index (χ0n) is 17.3. The lowest BCUT2D eigenvalue weighted by molar-refractivity contribution is 0.0986. The Bertz CT molecular complexity index is 1070. The van der Waals surface area contributed by atoms with Gasteiger partial charge < -0.3 is 9.64 Å². The first-order valence-electron chi connectivity index (χ1n) is 10.1. The molecule has 1 aromatic heterocycles. The fourth-order valence-electron chi connectivity index (χ4n) is 3.50. The van der Waals surface area contributed by atoms with Crippen LogP contribution in [0.1, 0.15) is 31.1 Å². The summed E-state index contributed by atoms with van der Waals surface area (Å²) in [7, 11) is 0. The number of aromatic nitrogens is 2. The molecule has 0 bridgehead atoms. The molecule has 30 heavy (non-hydrogen) atoms. The summed E-state index contributed by atoms with van der Waals surface area (Å²) in [5, 5.41) is 0.238. The molecular weight excluding hydrogens is 401 g/mol. The number of morpholine rings is 1. The van der Waals surface area contributed by atoms with Crippen molar-refractivity contribution in [2.75, 3.05) is 24.7 Å². The van der Waals surface area contributed by atoms with Crippen LogP contribution in [0.5, 0.6) is 0 Å². The molecule has 0 amide bonds. The van der Waals surface area contributed by atoms with Crippen molar-refractivity contribution in [2.45, 2.75) is 32.1 Å². The van der Waals surface area contributed by atoms with E-state index in [4.69, 9.17) is 14.7 Å². The number of rotatable bonds is 4. The maximum atomic E-state index is 13.5. The summed E-state index contributed by atoms with van der Waals surface area (Å²) in [6, 6.07) is 11.9. The number of fused-ring (bicyclic) bond motifs is 1. The summed E-state index contributed by atoms with van der Waals surface area (Å²) in [5.74, 6) is 0.436. The molecule has 2 aromatic carbocycles. The Balaban J connectivity index is 1.85. The van der Waals surface area contributed by atoms with Crippen LogP contribution >= 0.6 is 11.8 Å². The van der Waals surface area contributed by atoms with Crippen LogP contribution in [0.2, 0.25) is 0 Å². The number of hydrogen-bond acceptors (Lipinski definition) is 6. The van der Waals surface area contributed by atoms with E-state index in [-0.39, 0.29) is 22.2 Å². The topological polar surface area (TPSA) is 55.3 Å². The van der Waals surface area contributed by atoms with Gasteiger partial charge in [0.1, 0.15) is 11.5 Å². The number of nitrogens with zero attached hydrogens (tertiary/aromatic N) is 3. The van der Waals surface area contributed by atoms with E-state index in [1.807, 2.05) is 26.0 Å². The third-order valence-electron chi connectivity index (χ3n) is 4.98. The van der Waals surface area contributed by atoms with Crippen molar-refractivity contribution in [3.63, 3.8) is 0 Å². The van der Waals surface area contributed by atoms with Gasteiger partial charge in [0.05, 0.1) is 30.3 Å².